The van der Waals surface area contributed by atoms with Crippen LogP contribution in [0.25, 0.3) is 0 Å². The van der Waals surface area contributed by atoms with E-state index in [0.29, 0.717) is 11.5 Å². The van der Waals surface area contributed by atoms with E-state index in [-0.39, 0.29) is 11.9 Å². The molecule has 1 N–H and O–H groups in total. The molecule has 21 heavy (non-hydrogen) atoms. The van der Waals surface area contributed by atoms with E-state index in [1.807, 2.05) is 37.3 Å². The molecule has 0 spiro atoms. The summed E-state index contributed by atoms with van der Waals surface area (Å²) in [5, 5.41) is 3.12. The molecule has 0 radical (unpaired) electrons. The summed E-state index contributed by atoms with van der Waals surface area (Å²) in [6.07, 6.45) is 2.54. The normalized spacial score (nSPS) is 12.2. The van der Waals surface area contributed by atoms with E-state index in [9.17, 15) is 4.79 Å². The van der Waals surface area contributed by atoms with Gasteiger partial charge in [-0.1, -0.05) is 44.2 Å². The molecular weight excluding hydrogens is 260 g/mol. The van der Waals surface area contributed by atoms with E-state index in [1.165, 1.54) is 0 Å². The highest BCUT2D eigenvalue weighted by atomic mass is 16.1. The topological polar surface area (TPSA) is 42.0 Å². The fourth-order valence-corrected chi connectivity index (χ4v) is 2.28. The van der Waals surface area contributed by atoms with Crippen molar-refractivity contribution in [3.63, 3.8) is 0 Å². The molecule has 2 rings (SSSR count). The van der Waals surface area contributed by atoms with Gasteiger partial charge in [-0.05, 0) is 37.0 Å². The number of pyridine rings is 1. The summed E-state index contributed by atoms with van der Waals surface area (Å²) in [4.78, 5) is 16.6. The van der Waals surface area contributed by atoms with Crippen LogP contribution in [0.1, 0.15) is 47.9 Å². The summed E-state index contributed by atoms with van der Waals surface area (Å²) in [5.74, 6) is 0.434. The first-order chi connectivity index (χ1) is 10.1. The van der Waals surface area contributed by atoms with Crippen molar-refractivity contribution in [2.75, 3.05) is 0 Å². The summed E-state index contributed by atoms with van der Waals surface area (Å²) in [5.41, 5.74) is 2.65. The van der Waals surface area contributed by atoms with Crippen molar-refractivity contribution in [3.05, 3.63) is 65.5 Å². The number of benzene rings is 1. The molecular formula is C18H22N2O. The van der Waals surface area contributed by atoms with Gasteiger partial charge in [0, 0.05) is 11.9 Å². The maximum absolute atomic E-state index is 12.4. The number of rotatable bonds is 5. The summed E-state index contributed by atoms with van der Waals surface area (Å²) >= 11 is 0. The molecule has 0 bridgehead atoms. The number of carbonyl (C=O) groups excluding carboxylic acids is 1. The van der Waals surface area contributed by atoms with Crippen molar-refractivity contribution in [2.45, 2.75) is 33.2 Å². The molecule has 110 valence electrons. The Balaban J connectivity index is 2.15. The minimum Gasteiger partial charge on any atom is -0.345 e. The van der Waals surface area contributed by atoms with E-state index >= 15 is 0 Å². The summed E-state index contributed by atoms with van der Waals surface area (Å²) in [7, 11) is 0. The van der Waals surface area contributed by atoms with Gasteiger partial charge in [-0.3, -0.25) is 9.78 Å². The van der Waals surface area contributed by atoms with Gasteiger partial charge in [0.25, 0.3) is 5.91 Å². The predicted molar refractivity (Wildman–Crippen MR) is 85.1 cm³/mol. The third kappa shape index (κ3) is 4.42. The first-order valence-corrected chi connectivity index (χ1v) is 7.34. The maximum atomic E-state index is 12.4. The van der Waals surface area contributed by atoms with Crippen LogP contribution < -0.4 is 5.32 Å². The Bertz CT molecular complexity index is 576. The zero-order valence-corrected chi connectivity index (χ0v) is 12.8. The smallest absolute Gasteiger partial charge is 0.253 e. The minimum absolute atomic E-state index is 0.0278. The molecule has 0 fully saturated rings. The Morgan fingerprint density at radius 2 is 1.86 bits per heavy atom. The molecule has 0 aliphatic rings. The third-order valence-corrected chi connectivity index (χ3v) is 3.39. The van der Waals surface area contributed by atoms with Crippen molar-refractivity contribution in [3.8, 4) is 0 Å². The van der Waals surface area contributed by atoms with Crippen LogP contribution in [-0.2, 0) is 0 Å². The highest BCUT2D eigenvalue weighted by Gasteiger charge is 2.17. The molecule has 2 aromatic rings. The number of aromatic nitrogens is 1. The lowest BCUT2D eigenvalue weighted by Crippen LogP contribution is -2.29. The Morgan fingerprint density at radius 3 is 2.43 bits per heavy atom. The second-order valence-corrected chi connectivity index (χ2v) is 5.75. The molecule has 0 aliphatic heterocycles. The molecule has 1 aromatic carbocycles. The second kappa shape index (κ2) is 7.02. The number of aryl methyl sites for hydroxylation is 1. The van der Waals surface area contributed by atoms with Gasteiger partial charge in [0.1, 0.15) is 0 Å². The van der Waals surface area contributed by atoms with Gasteiger partial charge in [-0.15, -0.1) is 0 Å². The van der Waals surface area contributed by atoms with Gasteiger partial charge in [0.15, 0.2) is 0 Å². The van der Waals surface area contributed by atoms with Crippen LogP contribution in [0, 0.1) is 12.8 Å². The molecule has 1 heterocycles. The van der Waals surface area contributed by atoms with Crippen LogP contribution in [0.15, 0.2) is 48.7 Å². The maximum Gasteiger partial charge on any atom is 0.253 e. The lowest BCUT2D eigenvalue weighted by Gasteiger charge is -2.21. The number of hydrogen-bond acceptors (Lipinski definition) is 2. The molecule has 1 aromatic heterocycles. The molecule has 3 nitrogen and oxygen atoms in total. The van der Waals surface area contributed by atoms with Crippen LogP contribution in [0.4, 0.5) is 0 Å². The van der Waals surface area contributed by atoms with Crippen LogP contribution >= 0.6 is 0 Å². The van der Waals surface area contributed by atoms with Crippen molar-refractivity contribution in [2.24, 2.45) is 5.92 Å². The number of amides is 1. The zero-order valence-electron chi connectivity index (χ0n) is 12.8. The summed E-state index contributed by atoms with van der Waals surface area (Å²) < 4.78 is 0. The molecule has 3 heteroatoms. The number of nitrogens with zero attached hydrogens (tertiary/aromatic N) is 1. The highest BCUT2D eigenvalue weighted by molar-refractivity contribution is 5.94. The monoisotopic (exact) mass is 282 g/mol. The van der Waals surface area contributed by atoms with E-state index in [0.717, 1.165) is 17.7 Å². The fourth-order valence-electron chi connectivity index (χ4n) is 2.28. The first kappa shape index (κ1) is 15.2. The Morgan fingerprint density at radius 1 is 1.14 bits per heavy atom. The van der Waals surface area contributed by atoms with Crippen molar-refractivity contribution in [1.29, 1.82) is 0 Å². The van der Waals surface area contributed by atoms with Gasteiger partial charge < -0.3 is 5.32 Å². The molecule has 0 saturated heterocycles. The van der Waals surface area contributed by atoms with E-state index in [4.69, 9.17) is 0 Å². The average Bonchev–Trinajstić information content (AvgIpc) is 2.47. The molecule has 1 atom stereocenters. The quantitative estimate of drug-likeness (QED) is 0.903. The highest BCUT2D eigenvalue weighted by Crippen LogP contribution is 2.21. The van der Waals surface area contributed by atoms with Crippen LogP contribution in [-0.4, -0.2) is 10.9 Å². The van der Waals surface area contributed by atoms with E-state index in [1.54, 1.807) is 6.20 Å². The van der Waals surface area contributed by atoms with Crippen LogP contribution in [0.2, 0.25) is 0 Å². The van der Waals surface area contributed by atoms with Crippen LogP contribution in [0.5, 0.6) is 0 Å². The summed E-state index contributed by atoms with van der Waals surface area (Å²) in [6.45, 7) is 6.23. The van der Waals surface area contributed by atoms with Crippen molar-refractivity contribution < 1.29 is 4.79 Å². The van der Waals surface area contributed by atoms with Crippen molar-refractivity contribution in [1.82, 2.24) is 10.3 Å². The summed E-state index contributed by atoms with van der Waals surface area (Å²) in [6, 6.07) is 13.8. The van der Waals surface area contributed by atoms with E-state index < -0.39 is 0 Å². The third-order valence-electron chi connectivity index (χ3n) is 3.39. The zero-order chi connectivity index (χ0) is 15.2. The molecule has 1 amide bonds. The van der Waals surface area contributed by atoms with E-state index in [2.05, 4.69) is 36.3 Å². The second-order valence-electron chi connectivity index (χ2n) is 5.75. The van der Waals surface area contributed by atoms with Crippen molar-refractivity contribution >= 4 is 5.91 Å². The molecule has 0 unspecified atom stereocenters. The Labute approximate surface area is 126 Å². The van der Waals surface area contributed by atoms with Gasteiger partial charge >= 0.3 is 0 Å². The lowest BCUT2D eigenvalue weighted by atomic mass is 9.96. The average molecular weight is 282 g/mol. The molecule has 0 saturated carbocycles. The largest absolute Gasteiger partial charge is 0.345 e. The number of carbonyl (C=O) groups is 1. The van der Waals surface area contributed by atoms with Gasteiger partial charge in [-0.2, -0.15) is 0 Å². The van der Waals surface area contributed by atoms with Gasteiger partial charge in [-0.25, -0.2) is 0 Å². The number of nitrogens with one attached hydrogen (secondary N) is 1. The Kier molecular flexibility index (Phi) is 5.09. The standard InChI is InChI=1S/C18H22N2O/c1-13(2)11-17(15-7-5-4-6-8-15)20-18(21)16-10-9-14(3)19-12-16/h4-10,12-13,17H,11H2,1-3H3,(H,20,21)/t17-/m0/s1. The first-order valence-electron chi connectivity index (χ1n) is 7.34. The SMILES string of the molecule is Cc1ccc(C(=O)N[C@@H](CC(C)C)c2ccccc2)cn1. The van der Waals surface area contributed by atoms with Gasteiger partial charge in [0.2, 0.25) is 0 Å². The lowest BCUT2D eigenvalue weighted by molar-refractivity contribution is 0.0931. The fraction of sp³-hybridized carbons (Fsp3) is 0.333. The minimum atomic E-state index is -0.0722. The Hall–Kier alpha value is -2.16. The number of hydrogen-bond donors (Lipinski definition) is 1. The van der Waals surface area contributed by atoms with Gasteiger partial charge in [0.05, 0.1) is 11.6 Å². The van der Waals surface area contributed by atoms with Crippen LogP contribution in [0.3, 0.4) is 0 Å². The molecule has 0 aliphatic carbocycles. The predicted octanol–water partition coefficient (Wildman–Crippen LogP) is 3.91.